The molecule has 0 radical (unpaired) electrons. The number of nitrogens with one attached hydrogen (secondary N) is 1. The summed E-state index contributed by atoms with van der Waals surface area (Å²) in [6, 6.07) is 3.90. The molecule has 1 aromatic rings. The molecule has 1 N–H and O–H groups in total. The van der Waals surface area contributed by atoms with Crippen LogP contribution in [-0.2, 0) is 16.3 Å². The Morgan fingerprint density at radius 1 is 1.41 bits per heavy atom. The summed E-state index contributed by atoms with van der Waals surface area (Å²) >= 11 is 0. The molecule has 0 bridgehead atoms. The molecule has 0 aromatic carbocycles. The molecule has 1 amide bonds. The summed E-state index contributed by atoms with van der Waals surface area (Å²) in [5.74, 6) is -0.304. The number of carbonyl (C=O) groups is 2. The van der Waals surface area contributed by atoms with Gasteiger partial charge in [0.2, 0.25) is 0 Å². The van der Waals surface area contributed by atoms with Gasteiger partial charge in [-0.05, 0) is 32.9 Å². The average Bonchev–Trinajstić information content (AvgIpc) is 2.52. The van der Waals surface area contributed by atoms with Crippen LogP contribution >= 0.6 is 0 Å². The van der Waals surface area contributed by atoms with Crippen LogP contribution in [0.2, 0.25) is 0 Å². The summed E-state index contributed by atoms with van der Waals surface area (Å²) in [6.07, 6.45) is 5.58. The molecule has 0 aliphatic rings. The Morgan fingerprint density at radius 2 is 2.14 bits per heavy atom. The van der Waals surface area contributed by atoms with Gasteiger partial charge in [-0.2, -0.15) is 4.57 Å². The van der Waals surface area contributed by atoms with Gasteiger partial charge in [0.05, 0.1) is 0 Å². The Bertz CT molecular complexity index is 503. The molecule has 0 spiro atoms. The van der Waals surface area contributed by atoms with Gasteiger partial charge in [-0.15, -0.1) is 0 Å². The zero-order chi connectivity index (χ0) is 16.5. The van der Waals surface area contributed by atoms with E-state index in [1.54, 1.807) is 43.2 Å². The molecule has 22 heavy (non-hydrogen) atoms. The zero-order valence-corrected chi connectivity index (χ0v) is 13.8. The van der Waals surface area contributed by atoms with Gasteiger partial charge in [0.15, 0.2) is 12.4 Å². The van der Waals surface area contributed by atoms with E-state index in [9.17, 15) is 9.59 Å². The van der Waals surface area contributed by atoms with Crippen molar-refractivity contribution in [3.8, 4) is 0 Å². The van der Waals surface area contributed by atoms with Crippen LogP contribution in [-0.4, -0.2) is 44.0 Å². The molecular formula is C16H26N3O3+. The second-order valence-corrected chi connectivity index (χ2v) is 5.53. The number of pyridine rings is 1. The van der Waals surface area contributed by atoms with E-state index in [1.165, 1.54) is 4.90 Å². The smallest absolute Gasteiger partial charge is 0.310 e. The van der Waals surface area contributed by atoms with Crippen molar-refractivity contribution in [2.45, 2.75) is 39.0 Å². The number of rotatable bonds is 8. The molecule has 122 valence electrons. The number of esters is 1. The van der Waals surface area contributed by atoms with Gasteiger partial charge in [-0.3, -0.25) is 9.59 Å². The predicted octanol–water partition coefficient (Wildman–Crippen LogP) is 0.955. The number of aromatic nitrogens is 1. The molecule has 6 nitrogen and oxygen atoms in total. The van der Waals surface area contributed by atoms with Crippen LogP contribution in [0.4, 0.5) is 0 Å². The molecule has 0 aliphatic heterocycles. The third-order valence-electron chi connectivity index (χ3n) is 3.40. The minimum absolute atomic E-state index is 0.0817. The lowest BCUT2D eigenvalue weighted by Gasteiger charge is -2.09. The largest absolute Gasteiger partial charge is 0.405 e. The quantitative estimate of drug-likeness (QED) is 0.574. The Labute approximate surface area is 132 Å². The molecule has 1 unspecified atom stereocenters. The first-order chi connectivity index (χ1) is 10.4. The van der Waals surface area contributed by atoms with E-state index in [0.29, 0.717) is 18.0 Å². The summed E-state index contributed by atoms with van der Waals surface area (Å²) in [5, 5.41) is 3.13. The van der Waals surface area contributed by atoms with Crippen molar-refractivity contribution >= 4 is 11.9 Å². The van der Waals surface area contributed by atoms with Crippen LogP contribution in [0.15, 0.2) is 24.5 Å². The number of hydrogen-bond acceptors (Lipinski definition) is 4. The number of hydrogen-bond donors (Lipinski definition) is 1. The molecule has 1 rings (SSSR count). The lowest BCUT2D eigenvalue weighted by Crippen LogP contribution is -2.37. The van der Waals surface area contributed by atoms with Crippen molar-refractivity contribution in [2.75, 3.05) is 21.1 Å². The van der Waals surface area contributed by atoms with E-state index in [2.05, 4.69) is 12.2 Å². The Morgan fingerprint density at radius 3 is 2.77 bits per heavy atom. The van der Waals surface area contributed by atoms with E-state index in [4.69, 9.17) is 4.74 Å². The second kappa shape index (κ2) is 9.15. The van der Waals surface area contributed by atoms with Crippen molar-refractivity contribution in [3.63, 3.8) is 0 Å². The monoisotopic (exact) mass is 308 g/mol. The number of amides is 1. The molecule has 1 aromatic heterocycles. The van der Waals surface area contributed by atoms with Gasteiger partial charge in [-0.1, -0.05) is 0 Å². The highest BCUT2D eigenvalue weighted by molar-refractivity contribution is 5.93. The molecule has 1 heterocycles. The van der Waals surface area contributed by atoms with E-state index >= 15 is 0 Å². The summed E-state index contributed by atoms with van der Waals surface area (Å²) < 4.78 is 6.90. The summed E-state index contributed by atoms with van der Waals surface area (Å²) in [7, 11) is 5.30. The Hall–Kier alpha value is -1.95. The topological polar surface area (TPSA) is 62.5 Å². The van der Waals surface area contributed by atoms with Crippen LogP contribution in [0.5, 0.6) is 0 Å². The van der Waals surface area contributed by atoms with E-state index < -0.39 is 0 Å². The lowest BCUT2D eigenvalue weighted by molar-refractivity contribution is -0.727. The minimum Gasteiger partial charge on any atom is -0.405 e. The zero-order valence-electron chi connectivity index (χ0n) is 13.8. The fourth-order valence-electron chi connectivity index (χ4n) is 1.90. The Kier molecular flexibility index (Phi) is 7.52. The molecule has 0 saturated carbocycles. The van der Waals surface area contributed by atoms with Crippen molar-refractivity contribution in [1.29, 1.82) is 0 Å². The standard InChI is InChI=1S/C16H26N3O3/c1-13(17-2)7-5-9-15(20)22-12-19-10-6-8-14(11-19)16(21)18(3)4/h6,8,10-11,13,17H,5,7,9,12H2,1-4H3/q+1. The maximum Gasteiger partial charge on any atom is 0.310 e. The highest BCUT2D eigenvalue weighted by Gasteiger charge is 2.13. The summed E-state index contributed by atoms with van der Waals surface area (Å²) in [4.78, 5) is 25.1. The van der Waals surface area contributed by atoms with Crippen LogP contribution < -0.4 is 9.88 Å². The van der Waals surface area contributed by atoms with Gasteiger partial charge < -0.3 is 15.0 Å². The van der Waals surface area contributed by atoms with Crippen LogP contribution in [0.1, 0.15) is 36.5 Å². The highest BCUT2D eigenvalue weighted by Crippen LogP contribution is 2.02. The number of ether oxygens (including phenoxy) is 1. The van der Waals surface area contributed by atoms with Crippen molar-refractivity contribution in [1.82, 2.24) is 10.2 Å². The number of nitrogens with zero attached hydrogens (tertiary/aromatic N) is 2. The van der Waals surface area contributed by atoms with Crippen LogP contribution in [0.3, 0.4) is 0 Å². The van der Waals surface area contributed by atoms with Gasteiger partial charge in [-0.25, -0.2) is 0 Å². The van der Waals surface area contributed by atoms with Crippen LogP contribution in [0, 0.1) is 0 Å². The van der Waals surface area contributed by atoms with E-state index in [1.807, 2.05) is 7.05 Å². The molecule has 0 saturated heterocycles. The highest BCUT2D eigenvalue weighted by atomic mass is 16.5. The first-order valence-electron chi connectivity index (χ1n) is 7.47. The SMILES string of the molecule is CNC(C)CCCC(=O)OC[n+]1cccc(C(=O)N(C)C)c1. The maximum absolute atomic E-state index is 11.9. The first-order valence-corrected chi connectivity index (χ1v) is 7.47. The second-order valence-electron chi connectivity index (χ2n) is 5.53. The Balaban J connectivity index is 2.43. The molecule has 1 atom stereocenters. The van der Waals surface area contributed by atoms with E-state index in [0.717, 1.165) is 12.8 Å². The minimum atomic E-state index is -0.222. The van der Waals surface area contributed by atoms with Crippen LogP contribution in [0.25, 0.3) is 0 Å². The van der Waals surface area contributed by atoms with Gasteiger partial charge in [0, 0.05) is 32.6 Å². The maximum atomic E-state index is 11.9. The molecule has 6 heteroatoms. The van der Waals surface area contributed by atoms with Crippen molar-refractivity contribution < 1.29 is 18.9 Å². The van der Waals surface area contributed by atoms with Gasteiger partial charge in [0.1, 0.15) is 5.56 Å². The first kappa shape index (κ1) is 18.1. The van der Waals surface area contributed by atoms with Crippen molar-refractivity contribution in [3.05, 3.63) is 30.1 Å². The summed E-state index contributed by atoms with van der Waals surface area (Å²) in [6.45, 7) is 2.20. The lowest BCUT2D eigenvalue weighted by atomic mass is 10.1. The third kappa shape index (κ3) is 6.22. The number of carbonyl (C=O) groups excluding carboxylic acids is 2. The predicted molar refractivity (Wildman–Crippen MR) is 83.1 cm³/mol. The van der Waals surface area contributed by atoms with E-state index in [-0.39, 0.29) is 18.6 Å². The molecule has 0 fully saturated rings. The third-order valence-corrected chi connectivity index (χ3v) is 3.40. The summed E-state index contributed by atoms with van der Waals surface area (Å²) in [5.41, 5.74) is 0.561. The normalized spacial score (nSPS) is 11.8. The van der Waals surface area contributed by atoms with Crippen molar-refractivity contribution in [2.24, 2.45) is 0 Å². The fourth-order valence-corrected chi connectivity index (χ4v) is 1.90. The fraction of sp³-hybridized carbons (Fsp3) is 0.562. The molecule has 0 aliphatic carbocycles. The molecular weight excluding hydrogens is 282 g/mol. The average molecular weight is 308 g/mol. The van der Waals surface area contributed by atoms with Gasteiger partial charge in [0.25, 0.3) is 12.6 Å². The van der Waals surface area contributed by atoms with Gasteiger partial charge >= 0.3 is 5.97 Å².